The molecular weight excluding hydrogens is 228 g/mol. The number of oxazole rings is 1. The number of aromatic nitrogens is 3. The predicted molar refractivity (Wildman–Crippen MR) is 61.4 cm³/mol. The maximum absolute atomic E-state index is 5.66. The van der Waals surface area contributed by atoms with Crippen molar-refractivity contribution in [3.05, 3.63) is 30.2 Å². The van der Waals surface area contributed by atoms with Gasteiger partial charge >= 0.3 is 0 Å². The number of rotatable bonds is 4. The molecule has 0 aliphatic heterocycles. The summed E-state index contributed by atoms with van der Waals surface area (Å²) >= 11 is 5.66. The molecular formula is C10H13ClN4O. The van der Waals surface area contributed by atoms with E-state index < -0.39 is 0 Å². The number of hydrogen-bond donors (Lipinski definition) is 0. The topological polar surface area (TPSA) is 47.1 Å². The van der Waals surface area contributed by atoms with Crippen molar-refractivity contribution in [3.8, 4) is 0 Å². The third-order valence-electron chi connectivity index (χ3n) is 2.30. The zero-order chi connectivity index (χ0) is 11.5. The Kier molecular flexibility index (Phi) is 3.14. The largest absolute Gasteiger partial charge is 0.432 e. The van der Waals surface area contributed by atoms with Crippen LogP contribution >= 0.6 is 11.6 Å². The summed E-state index contributed by atoms with van der Waals surface area (Å²) in [5.41, 5.74) is 0.739. The van der Waals surface area contributed by atoms with Crippen molar-refractivity contribution < 1.29 is 4.42 Å². The molecule has 0 bridgehead atoms. The summed E-state index contributed by atoms with van der Waals surface area (Å²) in [7, 11) is 3.86. The quantitative estimate of drug-likeness (QED) is 0.765. The van der Waals surface area contributed by atoms with Crippen LogP contribution in [0.3, 0.4) is 0 Å². The molecule has 0 N–H and O–H groups in total. The van der Waals surface area contributed by atoms with Crippen molar-refractivity contribution in [2.75, 3.05) is 11.9 Å². The number of hydrogen-bond acceptors (Lipinski definition) is 4. The Labute approximate surface area is 98.7 Å². The molecule has 0 unspecified atom stereocenters. The smallest absolute Gasteiger partial charge is 0.297 e. The fourth-order valence-electron chi connectivity index (χ4n) is 1.36. The molecule has 2 rings (SSSR count). The lowest BCUT2D eigenvalue weighted by Gasteiger charge is -2.13. The molecule has 2 aromatic rings. The second-order valence-electron chi connectivity index (χ2n) is 3.57. The molecule has 0 atom stereocenters. The van der Waals surface area contributed by atoms with Crippen LogP contribution in [-0.2, 0) is 19.5 Å². The molecule has 2 aromatic heterocycles. The van der Waals surface area contributed by atoms with Crippen LogP contribution < -0.4 is 4.90 Å². The van der Waals surface area contributed by atoms with Crippen LogP contribution in [0.1, 0.15) is 11.5 Å². The van der Waals surface area contributed by atoms with Gasteiger partial charge in [0.25, 0.3) is 6.01 Å². The molecule has 0 fully saturated rings. The summed E-state index contributed by atoms with van der Waals surface area (Å²) < 4.78 is 7.26. The van der Waals surface area contributed by atoms with Crippen molar-refractivity contribution in [2.45, 2.75) is 12.4 Å². The molecule has 0 aliphatic rings. The maximum atomic E-state index is 5.66. The highest BCUT2D eigenvalue weighted by Crippen LogP contribution is 2.15. The SMILES string of the molecule is CN(Cc1nccn1C)c1nc(CCl)co1. The van der Waals surface area contributed by atoms with Gasteiger partial charge in [-0.3, -0.25) is 0 Å². The van der Waals surface area contributed by atoms with Gasteiger partial charge in [-0.15, -0.1) is 11.6 Å². The average Bonchev–Trinajstić information content (AvgIpc) is 2.88. The van der Waals surface area contributed by atoms with Crippen LogP contribution in [-0.4, -0.2) is 21.6 Å². The number of aryl methyl sites for hydroxylation is 1. The molecule has 0 radical (unpaired) electrons. The molecule has 16 heavy (non-hydrogen) atoms. The normalized spacial score (nSPS) is 10.7. The summed E-state index contributed by atoms with van der Waals surface area (Å²) in [5.74, 6) is 1.31. The summed E-state index contributed by atoms with van der Waals surface area (Å²) in [5, 5.41) is 0. The van der Waals surface area contributed by atoms with Gasteiger partial charge in [-0.1, -0.05) is 0 Å². The molecule has 0 spiro atoms. The summed E-state index contributed by atoms with van der Waals surface area (Å²) in [6, 6.07) is 0.554. The Morgan fingerprint density at radius 1 is 1.56 bits per heavy atom. The van der Waals surface area contributed by atoms with E-state index in [0.717, 1.165) is 11.5 Å². The number of nitrogens with zero attached hydrogens (tertiary/aromatic N) is 4. The third kappa shape index (κ3) is 2.19. The van der Waals surface area contributed by atoms with Crippen molar-refractivity contribution in [1.82, 2.24) is 14.5 Å². The number of halogens is 1. The van der Waals surface area contributed by atoms with E-state index in [9.17, 15) is 0 Å². The first-order valence-electron chi connectivity index (χ1n) is 4.88. The minimum atomic E-state index is 0.361. The lowest BCUT2D eigenvalue weighted by Crippen LogP contribution is -2.19. The van der Waals surface area contributed by atoms with E-state index in [-0.39, 0.29) is 0 Å². The fraction of sp³-hybridized carbons (Fsp3) is 0.400. The van der Waals surface area contributed by atoms with Gasteiger partial charge in [-0.25, -0.2) is 4.98 Å². The third-order valence-corrected chi connectivity index (χ3v) is 2.58. The molecule has 86 valence electrons. The first-order chi connectivity index (χ1) is 7.70. The molecule has 0 aliphatic carbocycles. The van der Waals surface area contributed by atoms with Gasteiger partial charge in [0.1, 0.15) is 12.1 Å². The minimum absolute atomic E-state index is 0.361. The van der Waals surface area contributed by atoms with E-state index in [4.69, 9.17) is 16.0 Å². The zero-order valence-electron chi connectivity index (χ0n) is 9.22. The van der Waals surface area contributed by atoms with Gasteiger partial charge in [0.15, 0.2) is 0 Å². The first kappa shape index (κ1) is 11.0. The van der Waals surface area contributed by atoms with Gasteiger partial charge in [-0.05, 0) is 0 Å². The Bertz CT molecular complexity index is 465. The van der Waals surface area contributed by atoms with Gasteiger partial charge < -0.3 is 13.9 Å². The van der Waals surface area contributed by atoms with Crippen LogP contribution in [0.5, 0.6) is 0 Å². The second kappa shape index (κ2) is 4.57. The monoisotopic (exact) mass is 240 g/mol. The van der Waals surface area contributed by atoms with Gasteiger partial charge in [0, 0.05) is 26.5 Å². The van der Waals surface area contributed by atoms with E-state index in [2.05, 4.69) is 9.97 Å². The standard InChI is InChI=1S/C10H13ClN4O/c1-14-4-3-12-9(14)6-15(2)10-13-8(5-11)7-16-10/h3-4,7H,5-6H2,1-2H3. The molecule has 6 heteroatoms. The lowest BCUT2D eigenvalue weighted by atomic mass is 10.5. The van der Waals surface area contributed by atoms with E-state index >= 15 is 0 Å². The highest BCUT2D eigenvalue weighted by molar-refractivity contribution is 6.16. The molecule has 0 amide bonds. The van der Waals surface area contributed by atoms with E-state index in [1.54, 1.807) is 12.5 Å². The second-order valence-corrected chi connectivity index (χ2v) is 3.83. The number of anilines is 1. The highest BCUT2D eigenvalue weighted by Gasteiger charge is 2.11. The summed E-state index contributed by atoms with van der Waals surface area (Å²) in [4.78, 5) is 10.4. The number of imidazole rings is 1. The van der Waals surface area contributed by atoms with Crippen molar-refractivity contribution in [2.24, 2.45) is 7.05 Å². The molecule has 0 aromatic carbocycles. The molecule has 5 nitrogen and oxygen atoms in total. The van der Waals surface area contributed by atoms with Crippen molar-refractivity contribution in [1.29, 1.82) is 0 Å². The Balaban J connectivity index is 2.08. The van der Waals surface area contributed by atoms with Crippen LogP contribution in [0, 0.1) is 0 Å². The van der Waals surface area contributed by atoms with Crippen LogP contribution in [0.15, 0.2) is 23.1 Å². The van der Waals surface area contributed by atoms with E-state index in [1.165, 1.54) is 0 Å². The Hall–Kier alpha value is -1.49. The predicted octanol–water partition coefficient (Wildman–Crippen LogP) is 1.78. The van der Waals surface area contributed by atoms with Gasteiger partial charge in [-0.2, -0.15) is 4.98 Å². The zero-order valence-corrected chi connectivity index (χ0v) is 9.98. The van der Waals surface area contributed by atoms with Gasteiger partial charge in [0.2, 0.25) is 0 Å². The van der Waals surface area contributed by atoms with E-state index in [0.29, 0.717) is 18.4 Å². The van der Waals surface area contributed by atoms with Crippen LogP contribution in [0.4, 0.5) is 6.01 Å². The van der Waals surface area contributed by atoms with Crippen molar-refractivity contribution in [3.63, 3.8) is 0 Å². The summed E-state index contributed by atoms with van der Waals surface area (Å²) in [6.45, 7) is 0.645. The molecule has 2 heterocycles. The Morgan fingerprint density at radius 2 is 2.38 bits per heavy atom. The number of alkyl halides is 1. The fourth-order valence-corrected chi connectivity index (χ4v) is 1.48. The van der Waals surface area contributed by atoms with E-state index in [1.807, 2.05) is 29.8 Å². The lowest BCUT2D eigenvalue weighted by molar-refractivity contribution is 0.539. The average molecular weight is 241 g/mol. The van der Waals surface area contributed by atoms with Crippen LogP contribution in [0.2, 0.25) is 0 Å². The van der Waals surface area contributed by atoms with Crippen LogP contribution in [0.25, 0.3) is 0 Å². The summed E-state index contributed by atoms with van der Waals surface area (Å²) in [6.07, 6.45) is 5.24. The minimum Gasteiger partial charge on any atom is -0.432 e. The first-order valence-corrected chi connectivity index (χ1v) is 5.42. The highest BCUT2D eigenvalue weighted by atomic mass is 35.5. The molecule has 0 saturated heterocycles. The maximum Gasteiger partial charge on any atom is 0.297 e. The van der Waals surface area contributed by atoms with Crippen molar-refractivity contribution >= 4 is 17.6 Å². The molecule has 0 saturated carbocycles. The Morgan fingerprint density at radius 3 is 2.94 bits per heavy atom. The van der Waals surface area contributed by atoms with Gasteiger partial charge in [0.05, 0.1) is 18.1 Å².